The second-order valence-electron chi connectivity index (χ2n) is 7.31. The third kappa shape index (κ3) is 3.79. The first-order valence-corrected chi connectivity index (χ1v) is 9.24. The van der Waals surface area contributed by atoms with Crippen molar-refractivity contribution in [2.75, 3.05) is 18.4 Å². The Kier molecular flexibility index (Phi) is 4.55. The van der Waals surface area contributed by atoms with Crippen LogP contribution in [0.5, 0.6) is 0 Å². The maximum Gasteiger partial charge on any atom is 0.321 e. The lowest BCUT2D eigenvalue weighted by Crippen LogP contribution is -2.42. The van der Waals surface area contributed by atoms with Crippen molar-refractivity contribution in [3.8, 4) is 11.5 Å². The largest absolute Gasteiger partial charge is 0.481 e. The number of carbonyl (C=O) groups is 2. The van der Waals surface area contributed by atoms with E-state index in [1.165, 1.54) is 0 Å². The van der Waals surface area contributed by atoms with Gasteiger partial charge in [-0.05, 0) is 44.7 Å². The summed E-state index contributed by atoms with van der Waals surface area (Å²) in [6.07, 6.45) is 3.11. The van der Waals surface area contributed by atoms with Gasteiger partial charge in [-0.1, -0.05) is 16.8 Å². The number of aromatic nitrogens is 2. The number of aliphatic carboxylic acids is 1. The predicted molar refractivity (Wildman–Crippen MR) is 97.4 cm³/mol. The molecule has 8 heteroatoms. The van der Waals surface area contributed by atoms with Crippen LogP contribution in [0.15, 0.2) is 22.7 Å². The van der Waals surface area contributed by atoms with Crippen molar-refractivity contribution >= 4 is 17.7 Å². The van der Waals surface area contributed by atoms with Crippen LogP contribution >= 0.6 is 0 Å². The van der Waals surface area contributed by atoms with Gasteiger partial charge in [-0.15, -0.1) is 0 Å². The number of piperidine rings is 1. The highest BCUT2D eigenvalue weighted by Gasteiger charge is 2.30. The van der Waals surface area contributed by atoms with Crippen LogP contribution in [0.4, 0.5) is 10.5 Å². The van der Waals surface area contributed by atoms with Gasteiger partial charge in [0.2, 0.25) is 0 Å². The molecule has 2 aliphatic rings. The first-order valence-electron chi connectivity index (χ1n) is 9.24. The molecule has 1 aromatic heterocycles. The lowest BCUT2D eigenvalue weighted by atomic mass is 9.97. The van der Waals surface area contributed by atoms with Crippen LogP contribution in [-0.2, 0) is 4.79 Å². The molecule has 2 N–H and O–H groups in total. The van der Waals surface area contributed by atoms with Crippen molar-refractivity contribution in [1.82, 2.24) is 15.0 Å². The Morgan fingerprint density at radius 3 is 2.63 bits per heavy atom. The van der Waals surface area contributed by atoms with Gasteiger partial charge in [0.15, 0.2) is 5.82 Å². The number of amides is 2. The van der Waals surface area contributed by atoms with E-state index in [2.05, 4.69) is 15.5 Å². The number of nitrogens with zero attached hydrogens (tertiary/aromatic N) is 3. The molecule has 2 fully saturated rings. The summed E-state index contributed by atoms with van der Waals surface area (Å²) in [6.45, 7) is 2.82. The number of likely N-dealkylation sites (tertiary alicyclic amines) is 1. The number of aryl methyl sites for hydroxylation is 1. The normalized spacial score (nSPS) is 17.7. The summed E-state index contributed by atoms with van der Waals surface area (Å²) in [5.41, 5.74) is 2.33. The van der Waals surface area contributed by atoms with Gasteiger partial charge >= 0.3 is 12.0 Å². The van der Waals surface area contributed by atoms with Crippen LogP contribution in [0.1, 0.15) is 43.0 Å². The van der Waals surface area contributed by atoms with Crippen molar-refractivity contribution in [3.05, 3.63) is 29.6 Å². The summed E-state index contributed by atoms with van der Waals surface area (Å²) in [5, 5.41) is 16.1. The van der Waals surface area contributed by atoms with Crippen LogP contribution in [0.25, 0.3) is 11.5 Å². The Morgan fingerprint density at radius 1 is 1.22 bits per heavy atom. The lowest BCUT2D eigenvalue weighted by Gasteiger charge is -2.30. The molecule has 0 bridgehead atoms. The molecule has 0 spiro atoms. The molecule has 1 aliphatic heterocycles. The van der Waals surface area contributed by atoms with Crippen molar-refractivity contribution in [1.29, 1.82) is 0 Å². The number of hydrogen-bond donors (Lipinski definition) is 2. The van der Waals surface area contributed by atoms with Crippen molar-refractivity contribution in [3.63, 3.8) is 0 Å². The molecule has 2 amide bonds. The fourth-order valence-corrected chi connectivity index (χ4v) is 3.32. The van der Waals surface area contributed by atoms with E-state index in [1.54, 1.807) is 4.90 Å². The standard InChI is InChI=1S/C19H22N4O4/c1-11-2-5-15(14(10-11)17-21-16(22-27-17)12-3-4-12)20-19(26)23-8-6-13(7-9-23)18(24)25/h2,5,10,12-13H,3-4,6-9H2,1H3,(H,20,26)(H,24,25). The molecule has 1 saturated heterocycles. The number of hydrogen-bond acceptors (Lipinski definition) is 5. The minimum atomic E-state index is -0.793. The number of carbonyl (C=O) groups excluding carboxylic acids is 1. The smallest absolute Gasteiger partial charge is 0.321 e. The fraction of sp³-hybridized carbons (Fsp3) is 0.474. The average Bonchev–Trinajstić information content (AvgIpc) is 3.40. The summed E-state index contributed by atoms with van der Waals surface area (Å²) < 4.78 is 5.42. The van der Waals surface area contributed by atoms with Crippen LogP contribution in [0.2, 0.25) is 0 Å². The number of urea groups is 1. The Hall–Kier alpha value is -2.90. The maximum atomic E-state index is 12.6. The first kappa shape index (κ1) is 17.5. The lowest BCUT2D eigenvalue weighted by molar-refractivity contribution is -0.143. The zero-order chi connectivity index (χ0) is 19.0. The molecular weight excluding hydrogens is 348 g/mol. The Balaban J connectivity index is 1.50. The highest BCUT2D eigenvalue weighted by atomic mass is 16.5. The van der Waals surface area contributed by atoms with Gasteiger partial charge < -0.3 is 19.8 Å². The SMILES string of the molecule is Cc1ccc(NC(=O)N2CCC(C(=O)O)CC2)c(-c2nc(C3CC3)no2)c1. The van der Waals surface area contributed by atoms with E-state index in [0.717, 1.165) is 24.2 Å². The van der Waals surface area contributed by atoms with Gasteiger partial charge in [-0.2, -0.15) is 4.98 Å². The number of benzene rings is 1. The number of carboxylic acid groups (broad SMARTS) is 1. The van der Waals surface area contributed by atoms with Gasteiger partial charge in [0.25, 0.3) is 5.89 Å². The number of carboxylic acids is 1. The van der Waals surface area contributed by atoms with Gasteiger partial charge in [0.1, 0.15) is 0 Å². The molecule has 8 nitrogen and oxygen atoms in total. The summed E-state index contributed by atoms with van der Waals surface area (Å²) in [6, 6.07) is 5.41. The highest BCUT2D eigenvalue weighted by molar-refractivity contribution is 5.93. The van der Waals surface area contributed by atoms with E-state index in [0.29, 0.717) is 49.0 Å². The Bertz CT molecular complexity index is 866. The van der Waals surface area contributed by atoms with Gasteiger partial charge in [0, 0.05) is 19.0 Å². The predicted octanol–water partition coefficient (Wildman–Crippen LogP) is 3.25. The molecular formula is C19H22N4O4. The number of anilines is 1. The van der Waals surface area contributed by atoms with Gasteiger partial charge in [-0.25, -0.2) is 4.79 Å². The molecule has 2 heterocycles. The molecule has 142 valence electrons. The molecule has 1 aromatic carbocycles. The zero-order valence-electron chi connectivity index (χ0n) is 15.1. The second kappa shape index (κ2) is 7.02. The summed E-state index contributed by atoms with van der Waals surface area (Å²) in [4.78, 5) is 29.8. The molecule has 4 rings (SSSR count). The molecule has 1 aliphatic carbocycles. The quantitative estimate of drug-likeness (QED) is 0.855. The maximum absolute atomic E-state index is 12.6. The third-order valence-electron chi connectivity index (χ3n) is 5.16. The van der Waals surface area contributed by atoms with Crippen LogP contribution in [0.3, 0.4) is 0 Å². The number of nitrogens with one attached hydrogen (secondary N) is 1. The Morgan fingerprint density at radius 2 is 1.96 bits per heavy atom. The topological polar surface area (TPSA) is 109 Å². The van der Waals surface area contributed by atoms with E-state index < -0.39 is 5.97 Å². The summed E-state index contributed by atoms with van der Waals surface area (Å²) in [7, 11) is 0. The van der Waals surface area contributed by atoms with Gasteiger partial charge in [-0.3, -0.25) is 4.79 Å². The van der Waals surface area contributed by atoms with E-state index in [-0.39, 0.29) is 11.9 Å². The monoisotopic (exact) mass is 370 g/mol. The second-order valence-corrected chi connectivity index (χ2v) is 7.31. The van der Waals surface area contributed by atoms with Crippen molar-refractivity contribution in [2.45, 2.75) is 38.5 Å². The molecule has 0 atom stereocenters. The van der Waals surface area contributed by atoms with Crippen molar-refractivity contribution in [2.24, 2.45) is 5.92 Å². The molecule has 0 unspecified atom stereocenters. The summed E-state index contributed by atoms with van der Waals surface area (Å²) >= 11 is 0. The van der Waals surface area contributed by atoms with E-state index in [4.69, 9.17) is 9.63 Å². The van der Waals surface area contributed by atoms with Crippen molar-refractivity contribution < 1.29 is 19.2 Å². The van der Waals surface area contributed by atoms with Crippen LogP contribution in [0, 0.1) is 12.8 Å². The fourth-order valence-electron chi connectivity index (χ4n) is 3.32. The number of rotatable bonds is 4. The average molecular weight is 370 g/mol. The van der Waals surface area contributed by atoms with E-state index >= 15 is 0 Å². The summed E-state index contributed by atoms with van der Waals surface area (Å²) in [5.74, 6) is 0.350. The molecule has 27 heavy (non-hydrogen) atoms. The van der Waals surface area contributed by atoms with E-state index in [9.17, 15) is 9.59 Å². The highest BCUT2D eigenvalue weighted by Crippen LogP contribution is 2.39. The minimum Gasteiger partial charge on any atom is -0.481 e. The molecule has 0 radical (unpaired) electrons. The first-order chi connectivity index (χ1) is 13.0. The van der Waals surface area contributed by atoms with Crippen LogP contribution < -0.4 is 5.32 Å². The molecule has 1 saturated carbocycles. The Labute approximate surface area is 156 Å². The zero-order valence-corrected chi connectivity index (χ0v) is 15.1. The third-order valence-corrected chi connectivity index (χ3v) is 5.16. The minimum absolute atomic E-state index is 0.245. The van der Waals surface area contributed by atoms with Gasteiger partial charge in [0.05, 0.1) is 17.2 Å². The molecule has 2 aromatic rings. The van der Waals surface area contributed by atoms with Crippen LogP contribution in [-0.4, -0.2) is 45.2 Å². The van der Waals surface area contributed by atoms with E-state index in [1.807, 2.05) is 25.1 Å².